The third-order valence-electron chi connectivity index (χ3n) is 5.31. The largest absolute Gasteiger partial charge is 0.339 e. The molecule has 1 amide bonds. The number of likely N-dealkylation sites (N-methyl/N-ethyl adjacent to an activating group) is 1. The number of hydrogen-bond acceptors (Lipinski definition) is 4. The highest BCUT2D eigenvalue weighted by atomic mass is 16.6. The Morgan fingerprint density at radius 1 is 1.17 bits per heavy atom. The average Bonchev–Trinajstić information content (AvgIpc) is 3.01. The second-order valence-corrected chi connectivity index (χ2v) is 7.11. The minimum atomic E-state index is -0.428. The summed E-state index contributed by atoms with van der Waals surface area (Å²) in [5, 5.41) is 15.6. The fraction of sp³-hybridized carbons (Fsp3) is 0.273. The van der Waals surface area contributed by atoms with E-state index in [1.54, 1.807) is 24.1 Å². The van der Waals surface area contributed by atoms with Crippen LogP contribution in [0, 0.1) is 24.0 Å². The molecular weight excluding hydrogens is 368 g/mol. The lowest BCUT2D eigenvalue weighted by Gasteiger charge is -2.25. The summed E-state index contributed by atoms with van der Waals surface area (Å²) in [6.45, 7) is 5.72. The zero-order valence-corrected chi connectivity index (χ0v) is 17.0. The average molecular weight is 392 g/mol. The molecule has 0 saturated carbocycles. The van der Waals surface area contributed by atoms with Crippen LogP contribution in [0.3, 0.4) is 0 Å². The van der Waals surface area contributed by atoms with E-state index in [1.165, 1.54) is 12.1 Å². The summed E-state index contributed by atoms with van der Waals surface area (Å²) in [5.41, 5.74) is 4.34. The Kier molecular flexibility index (Phi) is 5.77. The summed E-state index contributed by atoms with van der Waals surface area (Å²) >= 11 is 0. The molecule has 0 saturated heterocycles. The maximum Gasteiger partial charge on any atom is 0.269 e. The van der Waals surface area contributed by atoms with E-state index in [1.807, 2.05) is 55.8 Å². The Balaban J connectivity index is 1.80. The van der Waals surface area contributed by atoms with Gasteiger partial charge in [0.1, 0.15) is 0 Å². The van der Waals surface area contributed by atoms with E-state index in [9.17, 15) is 14.9 Å². The van der Waals surface area contributed by atoms with Gasteiger partial charge in [-0.25, -0.2) is 4.68 Å². The number of carbonyl (C=O) groups is 1. The number of nitrogens with zero attached hydrogens (tertiary/aromatic N) is 4. The third-order valence-corrected chi connectivity index (χ3v) is 5.31. The van der Waals surface area contributed by atoms with Crippen LogP contribution < -0.4 is 0 Å². The van der Waals surface area contributed by atoms with Gasteiger partial charge in [0, 0.05) is 30.4 Å². The minimum Gasteiger partial charge on any atom is -0.339 e. The van der Waals surface area contributed by atoms with Crippen LogP contribution in [-0.4, -0.2) is 32.6 Å². The Labute approximate surface area is 169 Å². The quantitative estimate of drug-likeness (QED) is 0.466. The molecule has 0 aliphatic heterocycles. The third kappa shape index (κ3) is 4.18. The molecule has 0 fully saturated rings. The monoisotopic (exact) mass is 392 g/mol. The van der Waals surface area contributed by atoms with Crippen molar-refractivity contribution in [3.05, 3.63) is 87.2 Å². The SMILES string of the molecule is Cc1nn(-c2ccccc2)c(C)c1CC(=O)N(C)[C@H](C)c1cccc([N+](=O)[O-])c1. The molecule has 0 aliphatic rings. The van der Waals surface area contributed by atoms with Gasteiger partial charge in [0.2, 0.25) is 5.91 Å². The standard InChI is InChI=1S/C22H24N4O3/c1-15-21(17(3)25(23-15)19-10-6-5-7-11-19)14-22(27)24(4)16(2)18-9-8-12-20(13-18)26(28)29/h5-13,16H,14H2,1-4H3/t16-/m1/s1. The Hall–Kier alpha value is -3.48. The predicted molar refractivity (Wildman–Crippen MR) is 111 cm³/mol. The summed E-state index contributed by atoms with van der Waals surface area (Å²) in [7, 11) is 1.72. The molecule has 1 aromatic heterocycles. The first-order valence-corrected chi connectivity index (χ1v) is 9.40. The predicted octanol–water partition coefficient (Wildman–Crippen LogP) is 4.16. The maximum atomic E-state index is 13.0. The first kappa shape index (κ1) is 20.3. The number of non-ortho nitro benzene ring substituents is 1. The number of nitro groups is 1. The molecule has 0 N–H and O–H groups in total. The number of rotatable bonds is 6. The number of aryl methyl sites for hydroxylation is 1. The van der Waals surface area contributed by atoms with Gasteiger partial charge in [-0.15, -0.1) is 0 Å². The molecule has 0 radical (unpaired) electrons. The zero-order valence-electron chi connectivity index (χ0n) is 17.0. The van der Waals surface area contributed by atoms with Gasteiger partial charge in [-0.05, 0) is 38.5 Å². The molecule has 1 heterocycles. The van der Waals surface area contributed by atoms with E-state index >= 15 is 0 Å². The van der Waals surface area contributed by atoms with Gasteiger partial charge in [-0.3, -0.25) is 14.9 Å². The molecule has 150 valence electrons. The lowest BCUT2D eigenvalue weighted by atomic mass is 10.0. The number of nitro benzene ring substituents is 1. The number of amides is 1. The topological polar surface area (TPSA) is 81.3 Å². The van der Waals surface area contributed by atoms with Crippen LogP contribution >= 0.6 is 0 Å². The summed E-state index contributed by atoms with van der Waals surface area (Å²) < 4.78 is 1.85. The number of aromatic nitrogens is 2. The van der Waals surface area contributed by atoms with Crippen molar-refractivity contribution in [2.24, 2.45) is 0 Å². The van der Waals surface area contributed by atoms with Gasteiger partial charge in [-0.2, -0.15) is 5.10 Å². The van der Waals surface area contributed by atoms with Crippen molar-refractivity contribution in [2.75, 3.05) is 7.05 Å². The summed E-state index contributed by atoms with van der Waals surface area (Å²) in [6, 6.07) is 15.9. The Bertz CT molecular complexity index is 1040. The van der Waals surface area contributed by atoms with Gasteiger partial charge < -0.3 is 4.90 Å². The number of benzene rings is 2. The van der Waals surface area contributed by atoms with Gasteiger partial charge in [-0.1, -0.05) is 30.3 Å². The van der Waals surface area contributed by atoms with Crippen LogP contribution in [0.25, 0.3) is 5.69 Å². The van der Waals surface area contributed by atoms with Crippen molar-refractivity contribution < 1.29 is 9.72 Å². The van der Waals surface area contributed by atoms with Gasteiger partial charge in [0.05, 0.1) is 28.8 Å². The highest BCUT2D eigenvalue weighted by molar-refractivity contribution is 5.79. The molecule has 1 atom stereocenters. The van der Waals surface area contributed by atoms with Crippen molar-refractivity contribution in [3.8, 4) is 5.69 Å². The van der Waals surface area contributed by atoms with Crippen molar-refractivity contribution in [1.82, 2.24) is 14.7 Å². The number of hydrogen-bond donors (Lipinski definition) is 0. The van der Waals surface area contributed by atoms with Crippen molar-refractivity contribution in [2.45, 2.75) is 33.2 Å². The highest BCUT2D eigenvalue weighted by Crippen LogP contribution is 2.25. The van der Waals surface area contributed by atoms with E-state index in [0.717, 1.165) is 28.2 Å². The fourth-order valence-corrected chi connectivity index (χ4v) is 3.37. The highest BCUT2D eigenvalue weighted by Gasteiger charge is 2.22. The molecular formula is C22H24N4O3. The second kappa shape index (κ2) is 8.26. The zero-order chi connectivity index (χ0) is 21.1. The Morgan fingerprint density at radius 3 is 2.52 bits per heavy atom. The molecule has 0 unspecified atom stereocenters. The van der Waals surface area contributed by atoms with Crippen LogP contribution in [0.2, 0.25) is 0 Å². The summed E-state index contributed by atoms with van der Waals surface area (Å²) in [5.74, 6) is -0.0668. The first-order chi connectivity index (χ1) is 13.8. The van der Waals surface area contributed by atoms with Crippen molar-refractivity contribution in [1.29, 1.82) is 0 Å². The second-order valence-electron chi connectivity index (χ2n) is 7.11. The van der Waals surface area contributed by atoms with Crippen LogP contribution in [-0.2, 0) is 11.2 Å². The van der Waals surface area contributed by atoms with Crippen molar-refractivity contribution in [3.63, 3.8) is 0 Å². The van der Waals surface area contributed by atoms with E-state index in [0.29, 0.717) is 0 Å². The molecule has 0 bridgehead atoms. The first-order valence-electron chi connectivity index (χ1n) is 9.40. The summed E-state index contributed by atoms with van der Waals surface area (Å²) in [4.78, 5) is 25.2. The van der Waals surface area contributed by atoms with Crippen LogP contribution in [0.4, 0.5) is 5.69 Å². The van der Waals surface area contributed by atoms with Crippen molar-refractivity contribution >= 4 is 11.6 Å². The van der Waals surface area contributed by atoms with Crippen LogP contribution in [0.15, 0.2) is 54.6 Å². The van der Waals surface area contributed by atoms with Gasteiger partial charge >= 0.3 is 0 Å². The molecule has 2 aromatic carbocycles. The Morgan fingerprint density at radius 2 is 1.86 bits per heavy atom. The molecule has 3 rings (SSSR count). The molecule has 29 heavy (non-hydrogen) atoms. The van der Waals surface area contributed by atoms with E-state index < -0.39 is 4.92 Å². The minimum absolute atomic E-state index is 0.0195. The number of carbonyl (C=O) groups excluding carboxylic acids is 1. The maximum absolute atomic E-state index is 13.0. The molecule has 3 aromatic rings. The van der Waals surface area contributed by atoms with E-state index in [4.69, 9.17) is 0 Å². The molecule has 0 aliphatic carbocycles. The molecule has 7 heteroatoms. The molecule has 0 spiro atoms. The van der Waals surface area contributed by atoms with Gasteiger partial charge in [0.15, 0.2) is 0 Å². The van der Waals surface area contributed by atoms with E-state index in [2.05, 4.69) is 5.10 Å². The van der Waals surface area contributed by atoms with Crippen LogP contribution in [0.5, 0.6) is 0 Å². The smallest absolute Gasteiger partial charge is 0.269 e. The number of para-hydroxylation sites is 1. The lowest BCUT2D eigenvalue weighted by molar-refractivity contribution is -0.384. The fourth-order valence-electron chi connectivity index (χ4n) is 3.37. The summed E-state index contributed by atoms with van der Waals surface area (Å²) in [6.07, 6.45) is 0.222. The van der Waals surface area contributed by atoms with Gasteiger partial charge in [0.25, 0.3) is 5.69 Å². The molecule has 7 nitrogen and oxygen atoms in total. The normalized spacial score (nSPS) is 11.9. The van der Waals surface area contributed by atoms with E-state index in [-0.39, 0.29) is 24.1 Å². The van der Waals surface area contributed by atoms with Crippen LogP contribution in [0.1, 0.15) is 35.5 Å². The lowest BCUT2D eigenvalue weighted by Crippen LogP contribution is -2.31.